The van der Waals surface area contributed by atoms with Gasteiger partial charge in [-0.05, 0) is 66.9 Å². The molecule has 3 rings (SSSR count). The van der Waals surface area contributed by atoms with E-state index in [9.17, 15) is 9.59 Å². The quantitative estimate of drug-likeness (QED) is 0.429. The van der Waals surface area contributed by atoms with Crippen molar-refractivity contribution in [2.24, 2.45) is 11.3 Å². The molecule has 4 nitrogen and oxygen atoms in total. The van der Waals surface area contributed by atoms with Crippen LogP contribution in [0.4, 0.5) is 5.00 Å². The highest BCUT2D eigenvalue weighted by molar-refractivity contribution is 7.17. The first-order valence-electron chi connectivity index (χ1n) is 10.2. The summed E-state index contributed by atoms with van der Waals surface area (Å²) in [5.74, 6) is -0.0882. The number of halogens is 1. The Morgan fingerprint density at radius 1 is 1.27 bits per heavy atom. The molecule has 0 fully saturated rings. The lowest BCUT2D eigenvalue weighted by atomic mass is 9.72. The van der Waals surface area contributed by atoms with Gasteiger partial charge in [0.1, 0.15) is 5.00 Å². The molecular formula is C24H28ClNO3S. The maximum atomic E-state index is 12.7. The second kappa shape index (κ2) is 9.36. The summed E-state index contributed by atoms with van der Waals surface area (Å²) in [5.41, 5.74) is 2.64. The van der Waals surface area contributed by atoms with E-state index in [1.165, 1.54) is 22.3 Å². The average molecular weight is 446 g/mol. The van der Waals surface area contributed by atoms with Crippen molar-refractivity contribution in [3.63, 3.8) is 0 Å². The van der Waals surface area contributed by atoms with Gasteiger partial charge in [0.15, 0.2) is 0 Å². The highest BCUT2D eigenvalue weighted by atomic mass is 35.5. The Morgan fingerprint density at radius 2 is 1.97 bits per heavy atom. The van der Waals surface area contributed by atoms with Crippen molar-refractivity contribution in [1.82, 2.24) is 0 Å². The van der Waals surface area contributed by atoms with Gasteiger partial charge < -0.3 is 10.1 Å². The largest absolute Gasteiger partial charge is 0.462 e. The summed E-state index contributed by atoms with van der Waals surface area (Å²) in [6, 6.07) is 7.23. The number of benzene rings is 1. The molecule has 0 bridgehead atoms. The van der Waals surface area contributed by atoms with Crippen molar-refractivity contribution in [2.75, 3.05) is 11.9 Å². The molecule has 1 atom stereocenters. The van der Waals surface area contributed by atoms with Gasteiger partial charge >= 0.3 is 5.97 Å². The Labute approximate surface area is 187 Å². The lowest BCUT2D eigenvalue weighted by Crippen LogP contribution is -2.26. The summed E-state index contributed by atoms with van der Waals surface area (Å²) in [6.07, 6.45) is 5.97. The van der Waals surface area contributed by atoms with Crippen molar-refractivity contribution in [2.45, 2.75) is 47.0 Å². The second-order valence-corrected chi connectivity index (χ2v) is 10.1. The van der Waals surface area contributed by atoms with Crippen LogP contribution in [0.25, 0.3) is 6.08 Å². The number of carbonyl (C=O) groups excluding carboxylic acids is 2. The van der Waals surface area contributed by atoms with Crippen LogP contribution in [-0.2, 0) is 22.4 Å². The molecule has 6 heteroatoms. The molecule has 2 aromatic rings. The maximum Gasteiger partial charge on any atom is 0.341 e. The van der Waals surface area contributed by atoms with Gasteiger partial charge in [0.2, 0.25) is 5.91 Å². The summed E-state index contributed by atoms with van der Waals surface area (Å²) in [6.45, 7) is 8.86. The lowest BCUT2D eigenvalue weighted by molar-refractivity contribution is -0.111. The van der Waals surface area contributed by atoms with Crippen LogP contribution in [0.15, 0.2) is 30.3 Å². The van der Waals surface area contributed by atoms with Gasteiger partial charge in [-0.15, -0.1) is 11.3 Å². The highest BCUT2D eigenvalue weighted by Gasteiger charge is 2.34. The average Bonchev–Trinajstić information content (AvgIpc) is 3.04. The van der Waals surface area contributed by atoms with Crippen LogP contribution < -0.4 is 5.32 Å². The van der Waals surface area contributed by atoms with E-state index in [4.69, 9.17) is 16.3 Å². The number of amides is 1. The minimum atomic E-state index is -0.360. The number of hydrogen-bond acceptors (Lipinski definition) is 4. The van der Waals surface area contributed by atoms with E-state index in [2.05, 4.69) is 26.1 Å². The number of hydrogen-bond donors (Lipinski definition) is 1. The number of rotatable bonds is 5. The van der Waals surface area contributed by atoms with Crippen LogP contribution in [0.2, 0.25) is 5.02 Å². The fourth-order valence-electron chi connectivity index (χ4n) is 3.73. The number of anilines is 1. The van der Waals surface area contributed by atoms with Crippen LogP contribution in [0, 0.1) is 11.3 Å². The number of esters is 1. The van der Waals surface area contributed by atoms with E-state index in [1.807, 2.05) is 12.1 Å². The lowest BCUT2D eigenvalue weighted by Gasteiger charge is -2.33. The number of nitrogens with one attached hydrogen (secondary N) is 1. The fourth-order valence-corrected chi connectivity index (χ4v) is 5.18. The Kier molecular flexibility index (Phi) is 7.04. The van der Waals surface area contributed by atoms with Crippen LogP contribution in [-0.4, -0.2) is 18.5 Å². The van der Waals surface area contributed by atoms with Gasteiger partial charge in [-0.3, -0.25) is 4.79 Å². The second-order valence-electron chi connectivity index (χ2n) is 8.61. The number of fused-ring (bicyclic) bond motifs is 1. The first-order chi connectivity index (χ1) is 14.2. The molecule has 1 heterocycles. The molecule has 1 unspecified atom stereocenters. The normalized spacial score (nSPS) is 16.4. The van der Waals surface area contributed by atoms with Crippen molar-refractivity contribution >= 4 is 45.9 Å². The molecule has 0 spiro atoms. The predicted molar refractivity (Wildman–Crippen MR) is 124 cm³/mol. The standard InChI is InChI=1S/C24H28ClNO3S/c1-5-29-23(28)21-18-12-9-16(24(2,3)4)14-19(18)30-22(21)26-20(27)13-8-15-6-10-17(25)11-7-15/h6-8,10-11,13,16H,5,9,12,14H2,1-4H3,(H,26,27). The van der Waals surface area contributed by atoms with Gasteiger partial charge in [0.05, 0.1) is 12.2 Å². The molecular weight excluding hydrogens is 418 g/mol. The maximum absolute atomic E-state index is 12.7. The van der Waals surface area contributed by atoms with Gasteiger partial charge in [-0.1, -0.05) is 44.5 Å². The molecule has 0 radical (unpaired) electrons. The molecule has 0 saturated carbocycles. The summed E-state index contributed by atoms with van der Waals surface area (Å²) in [4.78, 5) is 26.4. The van der Waals surface area contributed by atoms with Crippen molar-refractivity contribution in [1.29, 1.82) is 0 Å². The zero-order chi connectivity index (χ0) is 21.9. The third-order valence-corrected chi connectivity index (χ3v) is 6.93. The molecule has 160 valence electrons. The number of carbonyl (C=O) groups is 2. The Hall–Kier alpha value is -2.11. The molecule has 1 N–H and O–H groups in total. The molecule has 1 aromatic carbocycles. The highest BCUT2D eigenvalue weighted by Crippen LogP contribution is 2.44. The van der Waals surface area contributed by atoms with E-state index in [1.54, 1.807) is 25.1 Å². The minimum Gasteiger partial charge on any atom is -0.462 e. The first-order valence-corrected chi connectivity index (χ1v) is 11.4. The minimum absolute atomic E-state index is 0.205. The third-order valence-electron chi connectivity index (χ3n) is 5.50. The molecule has 0 aliphatic heterocycles. The van der Waals surface area contributed by atoms with Crippen LogP contribution in [0.3, 0.4) is 0 Å². The molecule has 1 amide bonds. The van der Waals surface area contributed by atoms with Gasteiger partial charge in [-0.25, -0.2) is 4.79 Å². The van der Waals surface area contributed by atoms with E-state index >= 15 is 0 Å². The van der Waals surface area contributed by atoms with E-state index in [0.29, 0.717) is 28.1 Å². The molecule has 0 saturated heterocycles. The summed E-state index contributed by atoms with van der Waals surface area (Å²) < 4.78 is 5.30. The van der Waals surface area contributed by atoms with E-state index < -0.39 is 0 Å². The third kappa shape index (κ3) is 5.32. The zero-order valence-corrected chi connectivity index (χ0v) is 19.5. The number of thiophene rings is 1. The van der Waals surface area contributed by atoms with Crippen molar-refractivity contribution in [3.05, 3.63) is 56.9 Å². The van der Waals surface area contributed by atoms with Crippen LogP contribution >= 0.6 is 22.9 Å². The summed E-state index contributed by atoms with van der Waals surface area (Å²) >= 11 is 7.40. The van der Waals surface area contributed by atoms with Gasteiger partial charge in [-0.2, -0.15) is 0 Å². The Balaban J connectivity index is 1.84. The first kappa shape index (κ1) is 22.6. The van der Waals surface area contributed by atoms with Gasteiger partial charge in [0, 0.05) is 16.0 Å². The molecule has 1 aliphatic carbocycles. The van der Waals surface area contributed by atoms with Gasteiger partial charge in [0.25, 0.3) is 0 Å². The van der Waals surface area contributed by atoms with Crippen LogP contribution in [0.1, 0.15) is 60.5 Å². The fraction of sp³-hybridized carbons (Fsp3) is 0.417. The summed E-state index contributed by atoms with van der Waals surface area (Å²) in [5, 5.41) is 4.14. The smallest absolute Gasteiger partial charge is 0.341 e. The zero-order valence-electron chi connectivity index (χ0n) is 17.9. The Bertz CT molecular complexity index is 954. The van der Waals surface area contributed by atoms with Crippen LogP contribution in [0.5, 0.6) is 0 Å². The topological polar surface area (TPSA) is 55.4 Å². The monoisotopic (exact) mass is 445 g/mol. The summed E-state index contributed by atoms with van der Waals surface area (Å²) in [7, 11) is 0. The molecule has 30 heavy (non-hydrogen) atoms. The molecule has 1 aromatic heterocycles. The van der Waals surface area contributed by atoms with Crippen molar-refractivity contribution in [3.8, 4) is 0 Å². The molecule has 1 aliphatic rings. The SMILES string of the molecule is CCOC(=O)c1c(NC(=O)C=Cc2ccc(Cl)cc2)sc2c1CCC(C(C)(C)C)C2. The van der Waals surface area contributed by atoms with Crippen molar-refractivity contribution < 1.29 is 14.3 Å². The van der Waals surface area contributed by atoms with E-state index in [0.717, 1.165) is 30.4 Å². The van der Waals surface area contributed by atoms with E-state index in [-0.39, 0.29) is 17.3 Å². The predicted octanol–water partition coefficient (Wildman–Crippen LogP) is 6.38. The number of ether oxygens (including phenoxy) is 1. The Morgan fingerprint density at radius 3 is 2.60 bits per heavy atom.